The van der Waals surface area contributed by atoms with Crippen molar-refractivity contribution in [1.82, 2.24) is 87.2 Å². The highest BCUT2D eigenvalue weighted by atomic mass is 16.5. The number of nitrogens with zero attached hydrogens (tertiary/aromatic N) is 1. The first-order valence-corrected chi connectivity index (χ1v) is 47.8. The lowest BCUT2D eigenvalue weighted by Crippen LogP contribution is -2.49. The molecular formula is C94H226N22O28. The maximum absolute atomic E-state index is 13.3. The van der Waals surface area contributed by atoms with Crippen molar-refractivity contribution >= 4 is 48.1 Å². The summed E-state index contributed by atoms with van der Waals surface area (Å²) < 4.78 is 10.3. The van der Waals surface area contributed by atoms with E-state index in [0.717, 1.165) is 244 Å². The molecule has 0 aliphatic rings. The van der Waals surface area contributed by atoms with Gasteiger partial charge in [-0.25, -0.2) is 0 Å². The van der Waals surface area contributed by atoms with E-state index < -0.39 is 5.97 Å². The predicted octanol–water partition coefficient (Wildman–Crippen LogP) is -7.36. The number of carbonyl (C=O) groups excluding carboxylic acids is 6. The van der Waals surface area contributed by atoms with Gasteiger partial charge in [0.1, 0.15) is 25.5 Å². The Labute approximate surface area is 861 Å². The number of amides is 3. The molecule has 2 aromatic rings. The maximum atomic E-state index is 13.3. The molecule has 50 heteroatoms. The van der Waals surface area contributed by atoms with Crippen LogP contribution in [0.3, 0.4) is 0 Å². The summed E-state index contributed by atoms with van der Waals surface area (Å²) in [6.07, 6.45) is 39.2. The van der Waals surface area contributed by atoms with E-state index in [1.54, 1.807) is 0 Å². The highest BCUT2D eigenvalue weighted by molar-refractivity contribution is 5.77. The van der Waals surface area contributed by atoms with Crippen molar-refractivity contribution in [3.05, 3.63) is 78.4 Å². The van der Waals surface area contributed by atoms with Gasteiger partial charge in [0, 0.05) is 166 Å². The van der Waals surface area contributed by atoms with Crippen LogP contribution >= 0.6 is 0 Å². The number of ether oxygens (including phenoxy) is 2. The van der Waals surface area contributed by atoms with Gasteiger partial charge >= 0.3 is 5.97 Å². The van der Waals surface area contributed by atoms with Crippen LogP contribution in [0, 0.1) is 0 Å². The third-order valence-corrected chi connectivity index (χ3v) is 21.7. The summed E-state index contributed by atoms with van der Waals surface area (Å²) in [5.41, 5.74) is 37.9. The number of hydrogen-bond donors (Lipinski definition) is 22. The van der Waals surface area contributed by atoms with Crippen molar-refractivity contribution < 1.29 is 147 Å². The second kappa shape index (κ2) is 147. The third-order valence-electron chi connectivity index (χ3n) is 21.7. The van der Waals surface area contributed by atoms with Crippen LogP contribution in [-0.4, -0.2) is 370 Å². The first-order valence-electron chi connectivity index (χ1n) is 47.8. The molecule has 0 unspecified atom stereocenters. The Morgan fingerprint density at radius 2 is 0.819 bits per heavy atom. The molecule has 0 aliphatic carbocycles. The van der Waals surface area contributed by atoms with E-state index in [1.165, 1.54) is 68.9 Å². The summed E-state index contributed by atoms with van der Waals surface area (Å²) in [5.74, 6) is -1.04. The number of benzene rings is 2. The first-order chi connectivity index (χ1) is 60.0. The number of carboxylic acids is 1. The van der Waals surface area contributed by atoms with E-state index in [9.17, 15) is 33.6 Å². The van der Waals surface area contributed by atoms with Gasteiger partial charge in [-0.2, -0.15) is 0 Å². The number of nitrogens with one attached hydrogen (secondary N) is 12. The fourth-order valence-electron chi connectivity index (χ4n) is 14.2. The van der Waals surface area contributed by atoms with Crippen molar-refractivity contribution in [3.63, 3.8) is 0 Å². The van der Waals surface area contributed by atoms with Gasteiger partial charge in [-0.05, 0) is 172 Å². The molecule has 2 aromatic carbocycles. The molecule has 0 aromatic heterocycles. The summed E-state index contributed by atoms with van der Waals surface area (Å²) >= 11 is 0. The van der Waals surface area contributed by atoms with Crippen LogP contribution in [0.5, 0.6) is 0 Å². The topological polar surface area (TPSA) is 1130 Å². The summed E-state index contributed by atoms with van der Waals surface area (Å²) in [5, 5.41) is 51.4. The average molecular weight is 2110 g/mol. The Balaban J connectivity index is -0.0000000947. The number of carbonyl (C=O) groups is 7. The van der Waals surface area contributed by atoms with Gasteiger partial charge < -0.3 is 244 Å². The number of aliphatic carboxylic acids is 1. The van der Waals surface area contributed by atoms with Gasteiger partial charge in [-0.1, -0.05) is 177 Å². The molecule has 0 saturated heterocycles. The molecule has 144 heavy (non-hydrogen) atoms. The average Bonchev–Trinajstić information content (AvgIpc) is 0.889. The van der Waals surface area contributed by atoms with Crippen LogP contribution < -0.4 is 117 Å². The number of primary amides is 1. The summed E-state index contributed by atoms with van der Waals surface area (Å²) in [6.45, 7) is 27.8. The molecule has 0 spiro atoms. The second-order valence-electron chi connectivity index (χ2n) is 32.9. The number of unbranched alkanes of at least 4 members (excludes halogenated alkanes) is 17. The molecule has 8 atom stereocenters. The predicted molar refractivity (Wildman–Crippen MR) is 589 cm³/mol. The van der Waals surface area contributed by atoms with Crippen LogP contribution in [0.2, 0.25) is 0 Å². The minimum Gasteiger partial charge on any atom is -0.481 e. The SMILES string of the molecule is C=C(C[C@@H](CN[C@H](CN)CCCCNC(=O)CC[C@@H](CNCCCCCN)NC[C@H](CCCC)NC[C@H](CCCCNCCN(CC=O)CC=O)NCCC)NC[C@H](CCCN)NCCCc1ccccc1)c1ccccc1.C[C@@H](CN[C@H](CN)CCC(N)=O)NCCNC(=O)COCCOCCN.N.N.N.O.O.O.O.O.O.O.O.O.O.O.O.O.O.O.O.O.O.O=CCCCCCCCCCCCCCCC(=O)O. The lowest BCUT2D eigenvalue weighted by molar-refractivity contribution is -0.137. The zero-order valence-electron chi connectivity index (χ0n) is 88.3. The number of carboxylic acid groups (broad SMARTS) is 1. The number of aldehydes is 3. The van der Waals surface area contributed by atoms with Crippen molar-refractivity contribution in [2.75, 3.05) is 170 Å². The van der Waals surface area contributed by atoms with E-state index in [-0.39, 0.29) is 185 Å². The van der Waals surface area contributed by atoms with Crippen LogP contribution in [0.25, 0.3) is 5.57 Å². The van der Waals surface area contributed by atoms with Crippen molar-refractivity contribution in [2.24, 2.45) is 34.4 Å². The van der Waals surface area contributed by atoms with E-state index in [1.807, 2.05) is 17.9 Å². The third kappa shape index (κ3) is 128. The fourth-order valence-corrected chi connectivity index (χ4v) is 14.2. The Hall–Kier alpha value is -6.49. The molecule has 0 radical (unpaired) electrons. The zero-order valence-corrected chi connectivity index (χ0v) is 88.3. The fraction of sp³-hybridized carbons (Fsp3) is 0.777. The van der Waals surface area contributed by atoms with Gasteiger partial charge in [0.25, 0.3) is 0 Å². The van der Waals surface area contributed by atoms with Gasteiger partial charge in [0.2, 0.25) is 17.7 Å². The molecule has 0 aliphatic heterocycles. The maximum Gasteiger partial charge on any atom is 0.303 e. The van der Waals surface area contributed by atoms with Gasteiger partial charge in [0.15, 0.2) is 0 Å². The van der Waals surface area contributed by atoms with Crippen LogP contribution in [0.4, 0.5) is 0 Å². The smallest absolute Gasteiger partial charge is 0.303 e. The highest BCUT2D eigenvalue weighted by Gasteiger charge is 2.21. The quantitative estimate of drug-likeness (QED) is 0.0216. The second-order valence-corrected chi connectivity index (χ2v) is 32.9. The molecule has 0 fully saturated rings. The Kier molecular flexibility index (Phi) is 196. The standard InChI is InChI=1S/C62H115N13O3.C16H36N6O4.C16H30O3.3H3N.18H2O/c1-4-6-27-59(72-49-57(68-35-5-2)29-14-18-36-66-40-41-75(42-44-76)43-45-77)51-73-60(48-67-37-17-9-16-33-63)31-32-62(78)70-38-19-15-28-56(47-65)71-52-61(46-53(3)55-25-12-8-13-26-55)74-50-58(30-20-34-64)69-39-21-24-54-22-10-7-11-23-54;1-13(11-22-14(10-18)2-3-15(19)23)20-5-6-21-16(24)12-26-9-8-25-7-4-17;17-15-13-11-9-7-5-3-1-2-4-6-8-10-12-14-16(18)19;;;;;;;;;;;;;;;;;;;;;/h7-8,10-13,22-23,25-26,44-45,56-61,66-69,71-74H,3-6,9,14-21,24,27-43,46-52,63-65H2,1-2H3,(H,70,78);13-14,20,22H,2-12,17-18H2,1H3,(H2,19,23)(H,21,24);15H,1-14H2,(H,18,19);3*1H3;18*1H2/t56-,57-,58-,59-,60-,61-;13-,14-;;;;;;;;;;;;;;;;;;;;;;/m00....................../s1. The van der Waals surface area contributed by atoms with Crippen LogP contribution in [0.15, 0.2) is 67.2 Å². The molecule has 50 nitrogen and oxygen atoms in total. The Morgan fingerprint density at radius 3 is 1.34 bits per heavy atom. The lowest BCUT2D eigenvalue weighted by atomic mass is 9.99. The van der Waals surface area contributed by atoms with Crippen molar-refractivity contribution in [1.29, 1.82) is 0 Å². The Morgan fingerprint density at radius 1 is 0.382 bits per heavy atom. The number of hydrogen-bond acceptors (Lipinski definition) is 28. The number of rotatable bonds is 90. The van der Waals surface area contributed by atoms with E-state index in [2.05, 4.69) is 139 Å². The van der Waals surface area contributed by atoms with E-state index >= 15 is 0 Å². The molecule has 3 amide bonds. The molecule has 0 heterocycles. The normalized spacial score (nSPS) is 11.4. The lowest BCUT2D eigenvalue weighted by Gasteiger charge is -2.27. The molecule has 0 bridgehead atoms. The van der Waals surface area contributed by atoms with Crippen LogP contribution in [0.1, 0.15) is 257 Å². The van der Waals surface area contributed by atoms with Crippen LogP contribution in [-0.2, 0) is 49.5 Å². The number of nitrogens with two attached hydrogens (primary N) is 6. The largest absolute Gasteiger partial charge is 0.481 e. The first kappa shape index (κ1) is 192. The highest BCUT2D eigenvalue weighted by Crippen LogP contribution is 2.19. The number of aryl methyl sites for hydroxylation is 1. The summed E-state index contributed by atoms with van der Waals surface area (Å²) in [7, 11) is 0. The summed E-state index contributed by atoms with van der Waals surface area (Å²) in [4.78, 5) is 79.8. The Bertz CT molecular complexity index is 2780. The van der Waals surface area contributed by atoms with Gasteiger partial charge in [0.05, 0.1) is 32.9 Å². The molecule has 880 valence electrons. The van der Waals surface area contributed by atoms with Gasteiger partial charge in [-0.15, -0.1) is 0 Å². The van der Waals surface area contributed by atoms with Crippen molar-refractivity contribution in [3.8, 4) is 0 Å². The van der Waals surface area contributed by atoms with E-state index in [4.69, 9.17) is 49.0 Å². The zero-order chi connectivity index (χ0) is 90.2. The van der Waals surface area contributed by atoms with Gasteiger partial charge in [-0.3, -0.25) is 24.1 Å². The summed E-state index contributed by atoms with van der Waals surface area (Å²) in [6, 6.07) is 23.0. The minimum absolute atomic E-state index is 0. The molecule has 2 rings (SSSR count). The monoisotopic (exact) mass is 2110 g/mol. The minimum atomic E-state index is -0.673. The molecular weight excluding hydrogens is 1890 g/mol. The molecule has 0 saturated carbocycles. The molecule has 70 N–H and O–H groups in total. The van der Waals surface area contributed by atoms with E-state index in [0.29, 0.717) is 123 Å². The van der Waals surface area contributed by atoms with Crippen molar-refractivity contribution in [2.45, 2.75) is 300 Å².